The highest BCUT2D eigenvalue weighted by atomic mass is 32.2. The number of hydrogen-bond acceptors (Lipinski definition) is 2. The lowest BCUT2D eigenvalue weighted by Crippen LogP contribution is -2.18. The zero-order valence-corrected chi connectivity index (χ0v) is 12.4. The first-order valence-corrected chi connectivity index (χ1v) is 8.24. The molecular formula is C16H23FOS. The maximum Gasteiger partial charge on any atom is 0.123 e. The lowest BCUT2D eigenvalue weighted by molar-refractivity contribution is 0.199. The van der Waals surface area contributed by atoms with Crippen molar-refractivity contribution in [1.29, 1.82) is 0 Å². The van der Waals surface area contributed by atoms with Gasteiger partial charge in [-0.05, 0) is 49.4 Å². The Kier molecular flexibility index (Phi) is 5.71. The van der Waals surface area contributed by atoms with Gasteiger partial charge in [-0.3, -0.25) is 0 Å². The molecule has 1 unspecified atom stereocenters. The van der Waals surface area contributed by atoms with Crippen molar-refractivity contribution in [2.45, 2.75) is 56.8 Å². The summed E-state index contributed by atoms with van der Waals surface area (Å²) < 4.78 is 13.0. The topological polar surface area (TPSA) is 20.2 Å². The van der Waals surface area contributed by atoms with Crippen molar-refractivity contribution < 1.29 is 9.50 Å². The van der Waals surface area contributed by atoms with Crippen molar-refractivity contribution in [3.63, 3.8) is 0 Å². The minimum atomic E-state index is -0.323. The fourth-order valence-corrected chi connectivity index (χ4v) is 3.96. The standard InChI is InChI=1S/C16H23FOS/c1-12-9-14(17)8-7-13(12)10-15(18)11-19-16-5-3-2-4-6-16/h7-9,15-16,18H,2-6,10-11H2,1H3. The van der Waals surface area contributed by atoms with E-state index in [2.05, 4.69) is 0 Å². The molecule has 1 aliphatic carbocycles. The van der Waals surface area contributed by atoms with E-state index >= 15 is 0 Å². The summed E-state index contributed by atoms with van der Waals surface area (Å²) >= 11 is 1.91. The minimum absolute atomic E-state index is 0.202. The third kappa shape index (κ3) is 4.81. The molecule has 1 saturated carbocycles. The lowest BCUT2D eigenvalue weighted by atomic mass is 10.0. The Hall–Kier alpha value is -0.540. The Labute approximate surface area is 119 Å². The number of aryl methyl sites for hydroxylation is 1. The largest absolute Gasteiger partial charge is 0.392 e. The van der Waals surface area contributed by atoms with Crippen LogP contribution in [0.4, 0.5) is 4.39 Å². The van der Waals surface area contributed by atoms with Crippen LogP contribution >= 0.6 is 11.8 Å². The summed E-state index contributed by atoms with van der Waals surface area (Å²) in [4.78, 5) is 0. The molecule has 1 atom stereocenters. The predicted molar refractivity (Wildman–Crippen MR) is 80.2 cm³/mol. The van der Waals surface area contributed by atoms with Crippen LogP contribution in [0.3, 0.4) is 0 Å². The van der Waals surface area contributed by atoms with Gasteiger partial charge in [-0.25, -0.2) is 4.39 Å². The van der Waals surface area contributed by atoms with Crippen molar-refractivity contribution in [3.05, 3.63) is 35.1 Å². The van der Waals surface area contributed by atoms with Gasteiger partial charge < -0.3 is 5.11 Å². The third-order valence-corrected chi connectivity index (χ3v) is 5.36. The van der Waals surface area contributed by atoms with Crippen molar-refractivity contribution in [1.82, 2.24) is 0 Å². The molecule has 19 heavy (non-hydrogen) atoms. The van der Waals surface area contributed by atoms with Crippen LogP contribution in [-0.4, -0.2) is 22.2 Å². The summed E-state index contributed by atoms with van der Waals surface area (Å²) in [6.45, 7) is 1.90. The predicted octanol–water partition coefficient (Wildman–Crippen LogP) is 4.10. The lowest BCUT2D eigenvalue weighted by Gasteiger charge is -2.22. The van der Waals surface area contributed by atoms with E-state index in [-0.39, 0.29) is 11.9 Å². The molecule has 0 aromatic heterocycles. The fraction of sp³-hybridized carbons (Fsp3) is 0.625. The molecule has 0 heterocycles. The third-order valence-electron chi connectivity index (χ3n) is 3.84. The van der Waals surface area contributed by atoms with Gasteiger partial charge in [0, 0.05) is 11.0 Å². The molecule has 1 aromatic rings. The Bertz CT molecular complexity index is 402. The van der Waals surface area contributed by atoms with E-state index in [1.54, 1.807) is 6.07 Å². The van der Waals surface area contributed by atoms with Gasteiger partial charge in [0.25, 0.3) is 0 Å². The van der Waals surface area contributed by atoms with E-state index in [9.17, 15) is 9.50 Å². The van der Waals surface area contributed by atoms with Gasteiger partial charge in [0.05, 0.1) is 6.10 Å². The highest BCUT2D eigenvalue weighted by Gasteiger charge is 2.16. The van der Waals surface area contributed by atoms with E-state index in [0.29, 0.717) is 6.42 Å². The molecule has 1 aromatic carbocycles. The quantitative estimate of drug-likeness (QED) is 0.877. The highest BCUT2D eigenvalue weighted by Crippen LogP contribution is 2.29. The Morgan fingerprint density at radius 1 is 1.32 bits per heavy atom. The van der Waals surface area contributed by atoms with Crippen LogP contribution in [-0.2, 0) is 6.42 Å². The summed E-state index contributed by atoms with van der Waals surface area (Å²) in [5.74, 6) is 0.592. The molecule has 0 bridgehead atoms. The van der Waals surface area contributed by atoms with E-state index < -0.39 is 0 Å². The molecule has 0 aliphatic heterocycles. The van der Waals surface area contributed by atoms with Crippen LogP contribution in [0, 0.1) is 12.7 Å². The summed E-state index contributed by atoms with van der Waals surface area (Å²) in [6, 6.07) is 4.80. The number of benzene rings is 1. The van der Waals surface area contributed by atoms with Crippen LogP contribution in [0.5, 0.6) is 0 Å². The van der Waals surface area contributed by atoms with Crippen LogP contribution in [0.15, 0.2) is 18.2 Å². The Morgan fingerprint density at radius 3 is 2.74 bits per heavy atom. The average Bonchev–Trinajstić information content (AvgIpc) is 2.41. The maximum atomic E-state index is 13.0. The molecule has 0 radical (unpaired) electrons. The monoisotopic (exact) mass is 282 g/mol. The smallest absolute Gasteiger partial charge is 0.123 e. The van der Waals surface area contributed by atoms with Crippen molar-refractivity contribution in [2.24, 2.45) is 0 Å². The molecule has 1 nitrogen and oxygen atoms in total. The van der Waals surface area contributed by atoms with E-state index in [4.69, 9.17) is 0 Å². The van der Waals surface area contributed by atoms with Crippen LogP contribution in [0.1, 0.15) is 43.2 Å². The molecule has 3 heteroatoms. The molecule has 1 aliphatic rings. The van der Waals surface area contributed by atoms with Crippen molar-refractivity contribution in [3.8, 4) is 0 Å². The van der Waals surface area contributed by atoms with Crippen LogP contribution < -0.4 is 0 Å². The van der Waals surface area contributed by atoms with E-state index in [1.165, 1.54) is 44.2 Å². The summed E-state index contributed by atoms with van der Waals surface area (Å²) in [5, 5.41) is 10.8. The van der Waals surface area contributed by atoms with Gasteiger partial charge in [0.1, 0.15) is 5.82 Å². The summed E-state index contributed by atoms with van der Waals surface area (Å²) in [6.07, 6.45) is 6.95. The summed E-state index contributed by atoms with van der Waals surface area (Å²) in [7, 11) is 0. The normalized spacial score (nSPS) is 18.5. The second-order valence-corrected chi connectivity index (χ2v) is 6.86. The van der Waals surface area contributed by atoms with Gasteiger partial charge in [-0.1, -0.05) is 25.3 Å². The second kappa shape index (κ2) is 7.30. The highest BCUT2D eigenvalue weighted by molar-refractivity contribution is 7.99. The minimum Gasteiger partial charge on any atom is -0.392 e. The molecule has 1 fully saturated rings. The Balaban J connectivity index is 1.78. The van der Waals surface area contributed by atoms with Gasteiger partial charge in [0.2, 0.25) is 0 Å². The molecule has 0 spiro atoms. The van der Waals surface area contributed by atoms with Crippen molar-refractivity contribution in [2.75, 3.05) is 5.75 Å². The van der Waals surface area contributed by atoms with Crippen LogP contribution in [0.2, 0.25) is 0 Å². The fourth-order valence-electron chi connectivity index (χ4n) is 2.68. The first-order chi connectivity index (χ1) is 9.15. The molecular weight excluding hydrogens is 259 g/mol. The first-order valence-electron chi connectivity index (χ1n) is 7.20. The van der Waals surface area contributed by atoms with E-state index in [0.717, 1.165) is 22.1 Å². The van der Waals surface area contributed by atoms with Crippen LogP contribution in [0.25, 0.3) is 0 Å². The SMILES string of the molecule is Cc1cc(F)ccc1CC(O)CSC1CCCCC1. The zero-order chi connectivity index (χ0) is 13.7. The van der Waals surface area contributed by atoms with Crippen molar-refractivity contribution >= 4 is 11.8 Å². The number of thioether (sulfide) groups is 1. The van der Waals surface area contributed by atoms with Gasteiger partial charge >= 0.3 is 0 Å². The molecule has 2 rings (SSSR count). The number of hydrogen-bond donors (Lipinski definition) is 1. The number of aliphatic hydroxyl groups is 1. The second-order valence-electron chi connectivity index (χ2n) is 5.52. The maximum absolute atomic E-state index is 13.0. The number of aliphatic hydroxyl groups excluding tert-OH is 1. The molecule has 106 valence electrons. The summed E-state index contributed by atoms with van der Waals surface area (Å²) in [5.41, 5.74) is 1.99. The first kappa shape index (κ1) is 14.9. The Morgan fingerprint density at radius 2 is 2.05 bits per heavy atom. The van der Waals surface area contributed by atoms with Gasteiger partial charge in [-0.15, -0.1) is 0 Å². The molecule has 0 saturated heterocycles. The number of rotatable bonds is 5. The zero-order valence-electron chi connectivity index (χ0n) is 11.6. The average molecular weight is 282 g/mol. The van der Waals surface area contributed by atoms with Gasteiger partial charge in [-0.2, -0.15) is 11.8 Å². The van der Waals surface area contributed by atoms with E-state index in [1.807, 2.05) is 18.7 Å². The van der Waals surface area contributed by atoms with Gasteiger partial charge in [0.15, 0.2) is 0 Å². The molecule has 0 amide bonds. The molecule has 1 N–H and O–H groups in total. The number of halogens is 1.